The molecule has 3 nitrogen and oxygen atoms in total. The van der Waals surface area contributed by atoms with Crippen LogP contribution in [0.15, 0.2) is 0 Å². The van der Waals surface area contributed by atoms with Crippen molar-refractivity contribution in [3.8, 4) is 0 Å². The van der Waals surface area contributed by atoms with Crippen molar-refractivity contribution < 1.29 is 14.7 Å². The maximum Gasteiger partial charge on any atom is 0.141 e. The molecule has 0 saturated carbocycles. The number of carboxylic acids is 1. The Labute approximate surface area is 86.6 Å². The number of hydrogen-bond donors (Lipinski definition) is 0. The van der Waals surface area contributed by atoms with E-state index in [9.17, 15) is 14.7 Å². The lowest BCUT2D eigenvalue weighted by molar-refractivity contribution is -0.317. The summed E-state index contributed by atoms with van der Waals surface area (Å²) in [7, 11) is 0. The second-order valence-electron chi connectivity index (χ2n) is 3.07. The lowest BCUT2D eigenvalue weighted by atomic mass is 9.77. The number of aliphatic carboxylic acids is 1. The Kier molecular flexibility index (Phi) is 5.21. The van der Waals surface area contributed by atoms with Gasteiger partial charge in [-0.25, -0.2) is 0 Å². The minimum atomic E-state index is -1.27. The van der Waals surface area contributed by atoms with E-state index in [0.29, 0.717) is 24.6 Å². The van der Waals surface area contributed by atoms with E-state index >= 15 is 0 Å². The van der Waals surface area contributed by atoms with Gasteiger partial charge in [-0.15, -0.1) is 0 Å². The lowest BCUT2D eigenvalue weighted by Crippen LogP contribution is -2.46. The molecule has 0 heterocycles. The fourth-order valence-corrected chi connectivity index (χ4v) is 1.64. The maximum absolute atomic E-state index is 11.2. The fraction of sp³-hybridized carbons (Fsp3) is 0.778. The first-order valence-corrected chi connectivity index (χ1v) is 5.42. The Balaban J connectivity index is 4.66. The molecule has 0 saturated heterocycles. The van der Waals surface area contributed by atoms with Crippen LogP contribution in [0.3, 0.4) is 0 Å². The van der Waals surface area contributed by atoms with E-state index in [1.165, 1.54) is 6.92 Å². The minimum absolute atomic E-state index is 0.303. The van der Waals surface area contributed by atoms with Gasteiger partial charge in [-0.1, -0.05) is 22.9 Å². The van der Waals surface area contributed by atoms with Crippen LogP contribution in [-0.4, -0.2) is 17.1 Å². The van der Waals surface area contributed by atoms with Gasteiger partial charge >= 0.3 is 0 Å². The number of carboxylic acid groups (broad SMARTS) is 1. The zero-order valence-electron chi connectivity index (χ0n) is 7.93. The van der Waals surface area contributed by atoms with Gasteiger partial charge in [0.05, 0.1) is 11.4 Å². The predicted molar refractivity (Wildman–Crippen MR) is 51.4 cm³/mol. The highest BCUT2D eigenvalue weighted by Crippen LogP contribution is 2.29. The Morgan fingerprint density at radius 3 is 2.23 bits per heavy atom. The third-order valence-corrected chi connectivity index (χ3v) is 2.97. The van der Waals surface area contributed by atoms with Gasteiger partial charge in [0.25, 0.3) is 0 Å². The topological polar surface area (TPSA) is 57.2 Å². The molecule has 13 heavy (non-hydrogen) atoms. The van der Waals surface area contributed by atoms with Crippen LogP contribution < -0.4 is 5.11 Å². The summed E-state index contributed by atoms with van der Waals surface area (Å²) in [6, 6.07) is 0. The molecule has 0 fully saturated rings. The molecule has 0 aromatic heterocycles. The average Bonchev–Trinajstić information content (AvgIpc) is 2.05. The van der Waals surface area contributed by atoms with Crippen LogP contribution in [0, 0.1) is 5.41 Å². The molecule has 0 rings (SSSR count). The number of ketones is 1. The number of rotatable bonds is 6. The van der Waals surface area contributed by atoms with Crippen molar-refractivity contribution in [2.75, 3.05) is 5.33 Å². The Morgan fingerprint density at radius 1 is 1.46 bits per heavy atom. The van der Waals surface area contributed by atoms with Crippen LogP contribution in [0.25, 0.3) is 0 Å². The van der Waals surface area contributed by atoms with Crippen LogP contribution in [0.1, 0.15) is 33.1 Å². The fourth-order valence-electron chi connectivity index (χ4n) is 1.36. The molecule has 76 valence electrons. The largest absolute Gasteiger partial charge is 0.549 e. The van der Waals surface area contributed by atoms with Crippen LogP contribution in [0.5, 0.6) is 0 Å². The summed E-state index contributed by atoms with van der Waals surface area (Å²) in [5.74, 6) is -1.56. The van der Waals surface area contributed by atoms with E-state index in [2.05, 4.69) is 15.9 Å². The minimum Gasteiger partial charge on any atom is -0.549 e. The number of carbonyl (C=O) groups excluding carboxylic acids is 2. The molecule has 0 N–H and O–H groups in total. The van der Waals surface area contributed by atoms with Gasteiger partial charge in [0, 0.05) is 5.33 Å². The Bertz CT molecular complexity index is 187. The number of halogens is 1. The first-order chi connectivity index (χ1) is 6.01. The number of Topliss-reactive ketones (excluding diaryl/α,β-unsaturated/α-hetero) is 1. The summed E-state index contributed by atoms with van der Waals surface area (Å²) < 4.78 is 0. The van der Waals surface area contributed by atoms with Crippen LogP contribution in [0.2, 0.25) is 0 Å². The number of hydrogen-bond acceptors (Lipinski definition) is 3. The van der Waals surface area contributed by atoms with Gasteiger partial charge in [0.1, 0.15) is 5.78 Å². The second-order valence-corrected chi connectivity index (χ2v) is 3.86. The molecular weight excluding hydrogens is 236 g/mol. The van der Waals surface area contributed by atoms with Crippen LogP contribution in [0.4, 0.5) is 0 Å². The summed E-state index contributed by atoms with van der Waals surface area (Å²) >= 11 is 3.20. The van der Waals surface area contributed by atoms with Crippen molar-refractivity contribution in [3.05, 3.63) is 0 Å². The molecule has 0 aliphatic heterocycles. The molecule has 1 atom stereocenters. The smallest absolute Gasteiger partial charge is 0.141 e. The van der Waals surface area contributed by atoms with Gasteiger partial charge in [-0.2, -0.15) is 0 Å². The first kappa shape index (κ1) is 12.6. The quantitative estimate of drug-likeness (QED) is 0.519. The van der Waals surface area contributed by atoms with Gasteiger partial charge in [0.15, 0.2) is 0 Å². The van der Waals surface area contributed by atoms with Crippen molar-refractivity contribution >= 4 is 27.7 Å². The monoisotopic (exact) mass is 249 g/mol. The summed E-state index contributed by atoms with van der Waals surface area (Å²) in [5.41, 5.74) is -1.27. The molecular formula is C9H14BrO3-. The predicted octanol–water partition coefficient (Wildman–Crippen LogP) is 0.897. The first-order valence-electron chi connectivity index (χ1n) is 4.29. The molecule has 0 bridgehead atoms. The Hall–Kier alpha value is -0.380. The highest BCUT2D eigenvalue weighted by atomic mass is 79.9. The van der Waals surface area contributed by atoms with Gasteiger partial charge in [-0.3, -0.25) is 4.79 Å². The lowest BCUT2D eigenvalue weighted by Gasteiger charge is -2.30. The van der Waals surface area contributed by atoms with Crippen molar-refractivity contribution in [1.82, 2.24) is 0 Å². The zero-order chi connectivity index (χ0) is 10.5. The summed E-state index contributed by atoms with van der Waals surface area (Å²) in [6.45, 7) is 3.01. The standard InChI is InChI=1S/C9H15BrO3/c1-3-9(7(2)11,8(12)13)5-4-6-10/h3-6H2,1-2H3,(H,12,13)/p-1. The van der Waals surface area contributed by atoms with E-state index in [-0.39, 0.29) is 5.78 Å². The highest BCUT2D eigenvalue weighted by Gasteiger charge is 2.34. The summed E-state index contributed by atoms with van der Waals surface area (Å²) in [4.78, 5) is 22.1. The summed E-state index contributed by atoms with van der Waals surface area (Å²) in [6.07, 6.45) is 1.32. The highest BCUT2D eigenvalue weighted by molar-refractivity contribution is 9.09. The van der Waals surface area contributed by atoms with Gasteiger partial charge in [0.2, 0.25) is 0 Å². The maximum atomic E-state index is 11.2. The number of alkyl halides is 1. The van der Waals surface area contributed by atoms with Crippen LogP contribution in [-0.2, 0) is 9.59 Å². The van der Waals surface area contributed by atoms with E-state index in [0.717, 1.165) is 0 Å². The Morgan fingerprint density at radius 2 is 2.00 bits per heavy atom. The average molecular weight is 250 g/mol. The van der Waals surface area contributed by atoms with Crippen LogP contribution >= 0.6 is 15.9 Å². The van der Waals surface area contributed by atoms with Gasteiger partial charge in [-0.05, 0) is 26.2 Å². The molecule has 0 aromatic rings. The molecule has 0 aliphatic carbocycles. The number of carbonyl (C=O) groups is 2. The molecule has 0 aromatic carbocycles. The molecule has 0 aliphatic rings. The third kappa shape index (κ3) is 2.79. The van der Waals surface area contributed by atoms with Crippen molar-refractivity contribution in [3.63, 3.8) is 0 Å². The molecule has 4 heteroatoms. The van der Waals surface area contributed by atoms with E-state index in [1.54, 1.807) is 6.92 Å². The molecule has 0 radical (unpaired) electrons. The van der Waals surface area contributed by atoms with E-state index < -0.39 is 11.4 Å². The van der Waals surface area contributed by atoms with Gasteiger partial charge < -0.3 is 9.90 Å². The zero-order valence-corrected chi connectivity index (χ0v) is 9.52. The van der Waals surface area contributed by atoms with Crippen molar-refractivity contribution in [2.45, 2.75) is 33.1 Å². The normalized spacial score (nSPS) is 15.0. The van der Waals surface area contributed by atoms with Crippen molar-refractivity contribution in [2.24, 2.45) is 5.41 Å². The van der Waals surface area contributed by atoms with E-state index in [1.807, 2.05) is 0 Å². The van der Waals surface area contributed by atoms with E-state index in [4.69, 9.17) is 0 Å². The summed E-state index contributed by atoms with van der Waals surface area (Å²) in [5, 5.41) is 11.6. The van der Waals surface area contributed by atoms with Crippen molar-refractivity contribution in [1.29, 1.82) is 0 Å². The molecule has 0 amide bonds. The molecule has 0 spiro atoms. The third-order valence-electron chi connectivity index (χ3n) is 2.41. The second kappa shape index (κ2) is 5.37. The SMILES string of the molecule is CCC(CCCBr)(C(C)=O)C(=O)[O-]. The molecule has 1 unspecified atom stereocenters.